The molecule has 1 amide bonds. The molecule has 23 heavy (non-hydrogen) atoms. The number of carbonyl (C=O) groups excluding carboxylic acids is 2. The van der Waals surface area contributed by atoms with Gasteiger partial charge in [0.2, 0.25) is 0 Å². The maximum Gasteiger partial charge on any atom is 0.311 e. The highest BCUT2D eigenvalue weighted by Crippen LogP contribution is 2.23. The molecule has 0 saturated heterocycles. The van der Waals surface area contributed by atoms with Gasteiger partial charge in [-0.1, -0.05) is 12.1 Å². The summed E-state index contributed by atoms with van der Waals surface area (Å²) in [5, 5.41) is 17.0. The Balaban J connectivity index is 1.95. The van der Waals surface area contributed by atoms with Crippen molar-refractivity contribution in [2.45, 2.75) is 19.4 Å². The van der Waals surface area contributed by atoms with Gasteiger partial charge in [-0.2, -0.15) is 11.3 Å². The largest absolute Gasteiger partial charge is 0.452 e. The average molecular weight is 334 g/mol. The highest BCUT2D eigenvalue weighted by atomic mass is 32.1. The number of esters is 1. The minimum Gasteiger partial charge on any atom is -0.452 e. The number of nitro benzene ring substituents is 1. The van der Waals surface area contributed by atoms with Gasteiger partial charge in [0.1, 0.15) is 5.69 Å². The second kappa shape index (κ2) is 7.50. The van der Waals surface area contributed by atoms with E-state index in [0.717, 1.165) is 5.56 Å². The van der Waals surface area contributed by atoms with Gasteiger partial charge in [0.05, 0.1) is 11.3 Å². The van der Waals surface area contributed by atoms with Crippen molar-refractivity contribution in [2.75, 3.05) is 5.32 Å². The molecule has 0 aliphatic heterocycles. The third-order valence-corrected chi connectivity index (χ3v) is 3.70. The maximum atomic E-state index is 12.0. The Bertz CT molecular complexity index is 714. The molecular weight excluding hydrogens is 320 g/mol. The van der Waals surface area contributed by atoms with E-state index < -0.39 is 22.9 Å². The third kappa shape index (κ3) is 4.62. The van der Waals surface area contributed by atoms with Crippen LogP contribution in [0.4, 0.5) is 11.4 Å². The summed E-state index contributed by atoms with van der Waals surface area (Å²) in [4.78, 5) is 34.1. The number of para-hydroxylation sites is 2. The molecule has 1 N–H and O–H groups in total. The third-order valence-electron chi connectivity index (χ3n) is 2.96. The van der Waals surface area contributed by atoms with Crippen LogP contribution >= 0.6 is 11.3 Å². The fourth-order valence-corrected chi connectivity index (χ4v) is 2.49. The molecule has 1 aromatic heterocycles. The molecule has 8 heteroatoms. The maximum absolute atomic E-state index is 12.0. The summed E-state index contributed by atoms with van der Waals surface area (Å²) >= 11 is 1.46. The van der Waals surface area contributed by atoms with Crippen molar-refractivity contribution in [2.24, 2.45) is 0 Å². The predicted octanol–water partition coefficient (Wildman–Crippen LogP) is 2.77. The Morgan fingerprint density at radius 3 is 2.74 bits per heavy atom. The molecule has 2 rings (SSSR count). The number of hydrogen-bond acceptors (Lipinski definition) is 6. The topological polar surface area (TPSA) is 98.5 Å². The van der Waals surface area contributed by atoms with E-state index in [-0.39, 0.29) is 17.8 Å². The summed E-state index contributed by atoms with van der Waals surface area (Å²) in [5.41, 5.74) is 0.646. The van der Waals surface area contributed by atoms with Gasteiger partial charge in [-0.3, -0.25) is 19.7 Å². The zero-order valence-electron chi connectivity index (χ0n) is 12.2. The number of thiophene rings is 1. The van der Waals surface area contributed by atoms with Crippen molar-refractivity contribution >= 4 is 34.6 Å². The van der Waals surface area contributed by atoms with Gasteiger partial charge in [0.15, 0.2) is 6.10 Å². The molecule has 1 aromatic carbocycles. The van der Waals surface area contributed by atoms with Crippen molar-refractivity contribution < 1.29 is 19.2 Å². The summed E-state index contributed by atoms with van der Waals surface area (Å²) in [5.74, 6) is -1.16. The number of nitro groups is 1. The lowest BCUT2D eigenvalue weighted by molar-refractivity contribution is -0.383. The van der Waals surface area contributed by atoms with Crippen molar-refractivity contribution in [1.29, 1.82) is 0 Å². The Kier molecular flexibility index (Phi) is 5.42. The zero-order chi connectivity index (χ0) is 16.8. The molecule has 0 radical (unpaired) electrons. The molecule has 2 aromatic rings. The summed E-state index contributed by atoms with van der Waals surface area (Å²) in [6.45, 7) is 1.41. The molecule has 0 bridgehead atoms. The molecule has 1 atom stereocenters. The Hall–Kier alpha value is -2.74. The molecule has 0 saturated carbocycles. The van der Waals surface area contributed by atoms with Gasteiger partial charge in [0, 0.05) is 6.07 Å². The van der Waals surface area contributed by atoms with E-state index in [4.69, 9.17) is 4.74 Å². The van der Waals surface area contributed by atoms with Gasteiger partial charge in [-0.15, -0.1) is 0 Å². The molecule has 0 fully saturated rings. The second-order valence-electron chi connectivity index (χ2n) is 4.70. The van der Waals surface area contributed by atoms with E-state index in [0.29, 0.717) is 0 Å². The molecule has 1 unspecified atom stereocenters. The quantitative estimate of drug-likeness (QED) is 0.497. The number of anilines is 1. The molecular formula is C15H14N2O5S. The van der Waals surface area contributed by atoms with Crippen molar-refractivity contribution in [3.05, 3.63) is 56.8 Å². The fourth-order valence-electron chi connectivity index (χ4n) is 1.83. The Labute approximate surface area is 136 Å². The first-order valence-corrected chi connectivity index (χ1v) is 7.66. The van der Waals surface area contributed by atoms with Crippen LogP contribution in [0.5, 0.6) is 0 Å². The van der Waals surface area contributed by atoms with Crippen molar-refractivity contribution in [3.8, 4) is 0 Å². The van der Waals surface area contributed by atoms with Crippen molar-refractivity contribution in [1.82, 2.24) is 0 Å². The van der Waals surface area contributed by atoms with Crippen molar-refractivity contribution in [3.63, 3.8) is 0 Å². The van der Waals surface area contributed by atoms with Crippen LogP contribution in [0.15, 0.2) is 41.1 Å². The van der Waals surface area contributed by atoms with E-state index in [9.17, 15) is 19.7 Å². The van der Waals surface area contributed by atoms with Crippen LogP contribution in [-0.2, 0) is 20.7 Å². The van der Waals surface area contributed by atoms with E-state index in [1.165, 1.54) is 36.5 Å². The van der Waals surface area contributed by atoms with Gasteiger partial charge in [0.25, 0.3) is 11.6 Å². The monoisotopic (exact) mass is 334 g/mol. The standard InChI is InChI=1S/C15H14N2O5S/c1-10(22-14(18)8-11-6-7-23-9-11)15(19)16-12-4-2-3-5-13(12)17(20)21/h2-7,9-10H,8H2,1H3,(H,16,19). The first-order valence-electron chi connectivity index (χ1n) is 6.72. The van der Waals surface area contributed by atoms with Gasteiger partial charge in [-0.25, -0.2) is 0 Å². The fraction of sp³-hybridized carbons (Fsp3) is 0.200. The van der Waals surface area contributed by atoms with E-state index in [1.807, 2.05) is 10.8 Å². The number of hydrogen-bond donors (Lipinski definition) is 1. The molecule has 1 heterocycles. The average Bonchev–Trinajstić information content (AvgIpc) is 3.00. The molecule has 7 nitrogen and oxygen atoms in total. The highest BCUT2D eigenvalue weighted by molar-refractivity contribution is 7.07. The van der Waals surface area contributed by atoms with Gasteiger partial charge in [-0.05, 0) is 35.4 Å². The summed E-state index contributed by atoms with van der Waals surface area (Å²) in [6.07, 6.45) is -0.979. The van der Waals surface area contributed by atoms with Crippen LogP contribution in [0.25, 0.3) is 0 Å². The van der Waals surface area contributed by atoms with Gasteiger partial charge >= 0.3 is 5.97 Å². The van der Waals surface area contributed by atoms with E-state index in [2.05, 4.69) is 5.32 Å². The predicted molar refractivity (Wildman–Crippen MR) is 85.3 cm³/mol. The lowest BCUT2D eigenvalue weighted by Crippen LogP contribution is -2.30. The second-order valence-corrected chi connectivity index (χ2v) is 5.48. The molecule has 0 spiro atoms. The Morgan fingerprint density at radius 1 is 1.35 bits per heavy atom. The number of benzene rings is 1. The summed E-state index contributed by atoms with van der Waals surface area (Å²) in [6, 6.07) is 7.55. The molecule has 0 aliphatic rings. The molecule has 0 aliphatic carbocycles. The van der Waals surface area contributed by atoms with E-state index in [1.54, 1.807) is 12.1 Å². The summed E-state index contributed by atoms with van der Waals surface area (Å²) < 4.78 is 5.04. The van der Waals surface area contributed by atoms with E-state index >= 15 is 0 Å². The van der Waals surface area contributed by atoms with Crippen LogP contribution in [0.2, 0.25) is 0 Å². The van der Waals surface area contributed by atoms with Crippen LogP contribution in [0.1, 0.15) is 12.5 Å². The minimum atomic E-state index is -1.05. The highest BCUT2D eigenvalue weighted by Gasteiger charge is 2.21. The van der Waals surface area contributed by atoms with Crippen LogP contribution in [0.3, 0.4) is 0 Å². The number of nitrogens with zero attached hydrogens (tertiary/aromatic N) is 1. The smallest absolute Gasteiger partial charge is 0.311 e. The normalized spacial score (nSPS) is 11.5. The minimum absolute atomic E-state index is 0.0585. The summed E-state index contributed by atoms with van der Waals surface area (Å²) in [7, 11) is 0. The molecule has 120 valence electrons. The Morgan fingerprint density at radius 2 is 2.09 bits per heavy atom. The van der Waals surface area contributed by atoms with Crippen LogP contribution in [0, 0.1) is 10.1 Å². The zero-order valence-corrected chi connectivity index (χ0v) is 13.0. The first kappa shape index (κ1) is 16.6. The number of nitrogens with one attached hydrogen (secondary N) is 1. The number of amides is 1. The van der Waals surface area contributed by atoms with Crippen LogP contribution in [-0.4, -0.2) is 22.9 Å². The number of ether oxygens (including phenoxy) is 1. The van der Waals surface area contributed by atoms with Gasteiger partial charge < -0.3 is 10.1 Å². The number of carbonyl (C=O) groups is 2. The number of rotatable bonds is 6. The van der Waals surface area contributed by atoms with Crippen LogP contribution < -0.4 is 5.32 Å². The lowest BCUT2D eigenvalue weighted by atomic mass is 10.2. The SMILES string of the molecule is CC(OC(=O)Cc1ccsc1)C(=O)Nc1ccccc1[N+](=O)[O-]. The lowest BCUT2D eigenvalue weighted by Gasteiger charge is -2.13. The first-order chi connectivity index (χ1) is 11.0.